The second kappa shape index (κ2) is 8.44. The van der Waals surface area contributed by atoms with E-state index in [1.807, 2.05) is 11.8 Å². The van der Waals surface area contributed by atoms with Crippen LogP contribution in [-0.4, -0.2) is 63.4 Å². The fraction of sp³-hybridized carbons (Fsp3) is 0.917. The Balaban J connectivity index is 2.20. The number of carbonyl (C=O) groups excluding carboxylic acids is 1. The fourth-order valence-corrected chi connectivity index (χ4v) is 1.92. The van der Waals surface area contributed by atoms with Gasteiger partial charge in [-0.2, -0.15) is 0 Å². The summed E-state index contributed by atoms with van der Waals surface area (Å²) in [5.41, 5.74) is 0. The summed E-state index contributed by atoms with van der Waals surface area (Å²) in [5, 5.41) is 3.07. The van der Waals surface area contributed by atoms with E-state index >= 15 is 0 Å². The molecule has 0 aromatic rings. The Bertz CT molecular complexity index is 218. The standard InChI is InChI=1S/C12H24N2O3/c1-3-14(10-11-5-4-7-17-11)12(15)9-13-6-8-16-2/h11,13H,3-10H2,1-2H3. The number of carbonyl (C=O) groups is 1. The first-order valence-electron chi connectivity index (χ1n) is 6.37. The summed E-state index contributed by atoms with van der Waals surface area (Å²) in [6, 6.07) is 0. The van der Waals surface area contributed by atoms with E-state index in [1.165, 1.54) is 0 Å². The van der Waals surface area contributed by atoms with Crippen LogP contribution in [0.4, 0.5) is 0 Å². The van der Waals surface area contributed by atoms with Crippen LogP contribution in [0.15, 0.2) is 0 Å². The van der Waals surface area contributed by atoms with Crippen molar-refractivity contribution in [2.75, 3.05) is 46.5 Å². The summed E-state index contributed by atoms with van der Waals surface area (Å²) in [5.74, 6) is 0.138. The number of nitrogens with one attached hydrogen (secondary N) is 1. The van der Waals surface area contributed by atoms with Crippen molar-refractivity contribution in [1.29, 1.82) is 0 Å². The Morgan fingerprint density at radius 1 is 1.59 bits per heavy atom. The lowest BCUT2D eigenvalue weighted by molar-refractivity contribution is -0.131. The zero-order valence-corrected chi connectivity index (χ0v) is 10.9. The van der Waals surface area contributed by atoms with Gasteiger partial charge < -0.3 is 19.7 Å². The van der Waals surface area contributed by atoms with E-state index in [9.17, 15) is 4.79 Å². The molecule has 1 amide bonds. The third kappa shape index (κ3) is 5.48. The molecule has 1 saturated heterocycles. The van der Waals surface area contributed by atoms with E-state index in [1.54, 1.807) is 7.11 Å². The minimum atomic E-state index is 0.138. The molecule has 1 N–H and O–H groups in total. The van der Waals surface area contributed by atoms with E-state index in [2.05, 4.69) is 5.32 Å². The number of methoxy groups -OCH3 is 1. The molecule has 17 heavy (non-hydrogen) atoms. The van der Waals surface area contributed by atoms with Gasteiger partial charge in [0, 0.05) is 33.4 Å². The molecule has 0 radical (unpaired) electrons. The van der Waals surface area contributed by atoms with Crippen molar-refractivity contribution in [3.63, 3.8) is 0 Å². The molecule has 5 heteroatoms. The monoisotopic (exact) mass is 244 g/mol. The Morgan fingerprint density at radius 3 is 3.00 bits per heavy atom. The third-order valence-corrected chi connectivity index (χ3v) is 2.94. The van der Waals surface area contributed by atoms with Gasteiger partial charge >= 0.3 is 0 Å². The SMILES string of the molecule is CCN(CC1CCCO1)C(=O)CNCCOC. The molecular weight excluding hydrogens is 220 g/mol. The number of nitrogens with zero attached hydrogens (tertiary/aromatic N) is 1. The van der Waals surface area contributed by atoms with Crippen molar-refractivity contribution in [2.45, 2.75) is 25.9 Å². The van der Waals surface area contributed by atoms with Crippen LogP contribution < -0.4 is 5.32 Å². The first kappa shape index (κ1) is 14.4. The quantitative estimate of drug-likeness (QED) is 0.622. The highest BCUT2D eigenvalue weighted by Gasteiger charge is 2.21. The topological polar surface area (TPSA) is 50.8 Å². The van der Waals surface area contributed by atoms with E-state index in [0.29, 0.717) is 19.7 Å². The van der Waals surface area contributed by atoms with Crippen LogP contribution in [0.2, 0.25) is 0 Å². The van der Waals surface area contributed by atoms with Crippen LogP contribution in [0.3, 0.4) is 0 Å². The normalized spacial score (nSPS) is 19.5. The van der Waals surface area contributed by atoms with Crippen molar-refractivity contribution in [3.05, 3.63) is 0 Å². The molecule has 1 fully saturated rings. The molecule has 5 nitrogen and oxygen atoms in total. The summed E-state index contributed by atoms with van der Waals surface area (Å²) in [6.45, 7) is 6.02. The molecule has 1 aliphatic heterocycles. The molecule has 1 unspecified atom stereocenters. The summed E-state index contributed by atoms with van der Waals surface area (Å²) in [4.78, 5) is 13.7. The van der Waals surface area contributed by atoms with E-state index in [-0.39, 0.29) is 12.0 Å². The molecule has 1 aliphatic rings. The Labute approximate surface area is 103 Å². The molecule has 0 aromatic carbocycles. The lowest BCUT2D eigenvalue weighted by atomic mass is 10.2. The third-order valence-electron chi connectivity index (χ3n) is 2.94. The van der Waals surface area contributed by atoms with Gasteiger partial charge in [-0.05, 0) is 19.8 Å². The van der Waals surface area contributed by atoms with Crippen LogP contribution in [0, 0.1) is 0 Å². The number of ether oxygens (including phenoxy) is 2. The molecule has 0 aromatic heterocycles. The van der Waals surface area contributed by atoms with Gasteiger partial charge in [0.05, 0.1) is 19.3 Å². The predicted octanol–water partition coefficient (Wildman–Crippen LogP) is 0.250. The summed E-state index contributed by atoms with van der Waals surface area (Å²) < 4.78 is 10.5. The van der Waals surface area contributed by atoms with Crippen molar-refractivity contribution in [2.24, 2.45) is 0 Å². The van der Waals surface area contributed by atoms with Gasteiger partial charge in [0.25, 0.3) is 0 Å². The molecule has 1 atom stereocenters. The van der Waals surface area contributed by atoms with E-state index in [4.69, 9.17) is 9.47 Å². The predicted molar refractivity (Wildman–Crippen MR) is 66.0 cm³/mol. The molecular formula is C12H24N2O3. The zero-order chi connectivity index (χ0) is 12.5. The molecule has 0 spiro atoms. The van der Waals surface area contributed by atoms with Crippen LogP contribution >= 0.6 is 0 Å². The molecule has 0 saturated carbocycles. The van der Waals surface area contributed by atoms with Gasteiger partial charge in [-0.25, -0.2) is 0 Å². The maximum Gasteiger partial charge on any atom is 0.236 e. The maximum atomic E-state index is 11.9. The summed E-state index contributed by atoms with van der Waals surface area (Å²) in [7, 11) is 1.65. The lowest BCUT2D eigenvalue weighted by Gasteiger charge is -2.24. The van der Waals surface area contributed by atoms with Crippen LogP contribution in [0.1, 0.15) is 19.8 Å². The largest absolute Gasteiger partial charge is 0.383 e. The Kier molecular flexibility index (Phi) is 7.16. The number of rotatable bonds is 8. The summed E-state index contributed by atoms with van der Waals surface area (Å²) >= 11 is 0. The van der Waals surface area contributed by atoms with E-state index in [0.717, 1.165) is 32.5 Å². The fourth-order valence-electron chi connectivity index (χ4n) is 1.92. The van der Waals surface area contributed by atoms with Crippen LogP contribution in [0.25, 0.3) is 0 Å². The van der Waals surface area contributed by atoms with Crippen LogP contribution in [0.5, 0.6) is 0 Å². The lowest BCUT2D eigenvalue weighted by Crippen LogP contribution is -2.42. The first-order valence-corrected chi connectivity index (χ1v) is 6.37. The average Bonchev–Trinajstić information content (AvgIpc) is 2.84. The average molecular weight is 244 g/mol. The van der Waals surface area contributed by atoms with Gasteiger partial charge in [-0.3, -0.25) is 4.79 Å². The van der Waals surface area contributed by atoms with Crippen molar-refractivity contribution in [1.82, 2.24) is 10.2 Å². The molecule has 1 heterocycles. The van der Waals surface area contributed by atoms with Gasteiger partial charge in [0.1, 0.15) is 0 Å². The second-order valence-corrected chi connectivity index (χ2v) is 4.24. The van der Waals surface area contributed by atoms with Gasteiger partial charge in [-0.1, -0.05) is 0 Å². The molecule has 0 aliphatic carbocycles. The summed E-state index contributed by atoms with van der Waals surface area (Å²) in [6.07, 6.45) is 2.42. The highest BCUT2D eigenvalue weighted by atomic mass is 16.5. The maximum absolute atomic E-state index is 11.9. The number of amides is 1. The zero-order valence-electron chi connectivity index (χ0n) is 10.9. The van der Waals surface area contributed by atoms with Crippen LogP contribution in [-0.2, 0) is 14.3 Å². The van der Waals surface area contributed by atoms with Gasteiger partial charge in [0.15, 0.2) is 0 Å². The minimum absolute atomic E-state index is 0.138. The Hall–Kier alpha value is -0.650. The number of likely N-dealkylation sites (N-methyl/N-ethyl adjacent to an activating group) is 1. The van der Waals surface area contributed by atoms with Crippen molar-refractivity contribution < 1.29 is 14.3 Å². The minimum Gasteiger partial charge on any atom is -0.383 e. The van der Waals surface area contributed by atoms with Crippen molar-refractivity contribution >= 4 is 5.91 Å². The smallest absolute Gasteiger partial charge is 0.236 e. The number of hydrogen-bond acceptors (Lipinski definition) is 4. The highest BCUT2D eigenvalue weighted by Crippen LogP contribution is 2.13. The van der Waals surface area contributed by atoms with E-state index < -0.39 is 0 Å². The molecule has 0 bridgehead atoms. The second-order valence-electron chi connectivity index (χ2n) is 4.24. The number of hydrogen-bond donors (Lipinski definition) is 1. The highest BCUT2D eigenvalue weighted by molar-refractivity contribution is 5.78. The van der Waals surface area contributed by atoms with Gasteiger partial charge in [0.2, 0.25) is 5.91 Å². The Morgan fingerprint density at radius 2 is 2.41 bits per heavy atom. The molecule has 100 valence electrons. The van der Waals surface area contributed by atoms with Crippen molar-refractivity contribution in [3.8, 4) is 0 Å². The first-order chi connectivity index (χ1) is 8.27. The van der Waals surface area contributed by atoms with Gasteiger partial charge in [-0.15, -0.1) is 0 Å². The molecule has 1 rings (SSSR count).